The van der Waals surface area contributed by atoms with E-state index in [2.05, 4.69) is 0 Å². The van der Waals surface area contributed by atoms with Crippen LogP contribution in [0.5, 0.6) is 5.75 Å². The fourth-order valence-electron chi connectivity index (χ4n) is 1.87. The first-order valence-corrected chi connectivity index (χ1v) is 7.29. The second kappa shape index (κ2) is 7.80. The SMILES string of the molecule is CN(CCOc1ccc(F)cc1)C(=O)Cc1ccc(Cl)cc1. The third-order valence-electron chi connectivity index (χ3n) is 3.20. The van der Waals surface area contributed by atoms with Gasteiger partial charge in [0, 0.05) is 12.1 Å². The summed E-state index contributed by atoms with van der Waals surface area (Å²) in [6, 6.07) is 13.0. The molecular formula is C17H17ClFNO2. The molecule has 0 spiro atoms. The van der Waals surface area contributed by atoms with Gasteiger partial charge in [-0.1, -0.05) is 23.7 Å². The van der Waals surface area contributed by atoms with Crippen molar-refractivity contribution in [3.05, 3.63) is 64.9 Å². The second-order valence-corrected chi connectivity index (χ2v) is 5.36. The molecule has 0 radical (unpaired) electrons. The average molecular weight is 322 g/mol. The van der Waals surface area contributed by atoms with Gasteiger partial charge in [-0.2, -0.15) is 0 Å². The third kappa shape index (κ3) is 5.04. The molecule has 0 unspecified atom stereocenters. The number of nitrogens with zero attached hydrogens (tertiary/aromatic N) is 1. The molecule has 3 nitrogen and oxygen atoms in total. The number of amides is 1. The van der Waals surface area contributed by atoms with Crippen molar-refractivity contribution in [1.29, 1.82) is 0 Å². The van der Waals surface area contributed by atoms with Gasteiger partial charge in [0.2, 0.25) is 5.91 Å². The predicted octanol–water partition coefficient (Wildman–Crippen LogP) is 3.56. The Kier molecular flexibility index (Phi) is 5.78. The first kappa shape index (κ1) is 16.3. The van der Waals surface area contributed by atoms with E-state index in [1.54, 1.807) is 36.2 Å². The molecule has 5 heteroatoms. The van der Waals surface area contributed by atoms with Gasteiger partial charge in [-0.15, -0.1) is 0 Å². The minimum Gasteiger partial charge on any atom is -0.492 e. The molecule has 116 valence electrons. The fourth-order valence-corrected chi connectivity index (χ4v) is 1.99. The van der Waals surface area contributed by atoms with Gasteiger partial charge in [0.25, 0.3) is 0 Å². The largest absolute Gasteiger partial charge is 0.492 e. The van der Waals surface area contributed by atoms with Crippen molar-refractivity contribution in [3.63, 3.8) is 0 Å². The highest BCUT2D eigenvalue weighted by Gasteiger charge is 2.09. The van der Waals surface area contributed by atoms with Crippen LogP contribution in [0.2, 0.25) is 5.02 Å². The molecule has 2 aromatic rings. The Morgan fingerprint density at radius 2 is 1.77 bits per heavy atom. The zero-order valence-electron chi connectivity index (χ0n) is 12.3. The van der Waals surface area contributed by atoms with Crippen LogP contribution in [0.25, 0.3) is 0 Å². The van der Waals surface area contributed by atoms with Gasteiger partial charge >= 0.3 is 0 Å². The van der Waals surface area contributed by atoms with Crippen LogP contribution in [0.3, 0.4) is 0 Å². The lowest BCUT2D eigenvalue weighted by molar-refractivity contribution is -0.129. The van der Waals surface area contributed by atoms with Gasteiger partial charge in [0.1, 0.15) is 18.2 Å². The van der Waals surface area contributed by atoms with E-state index >= 15 is 0 Å². The first-order chi connectivity index (χ1) is 10.5. The highest BCUT2D eigenvalue weighted by Crippen LogP contribution is 2.12. The molecule has 0 aromatic heterocycles. The minimum absolute atomic E-state index is 0.00466. The summed E-state index contributed by atoms with van der Waals surface area (Å²) >= 11 is 5.81. The van der Waals surface area contributed by atoms with E-state index in [0.29, 0.717) is 30.3 Å². The van der Waals surface area contributed by atoms with Gasteiger partial charge < -0.3 is 9.64 Å². The molecule has 0 aliphatic rings. The molecule has 0 aliphatic carbocycles. The van der Waals surface area contributed by atoms with Gasteiger partial charge in [-0.3, -0.25) is 4.79 Å². The van der Waals surface area contributed by atoms with Gasteiger partial charge in [0.15, 0.2) is 0 Å². The summed E-state index contributed by atoms with van der Waals surface area (Å²) in [6.07, 6.45) is 0.324. The topological polar surface area (TPSA) is 29.5 Å². The van der Waals surface area contributed by atoms with Gasteiger partial charge in [-0.25, -0.2) is 4.39 Å². The Balaban J connectivity index is 1.76. The number of likely N-dealkylation sites (N-methyl/N-ethyl adjacent to an activating group) is 1. The molecule has 2 aromatic carbocycles. The van der Waals surface area contributed by atoms with E-state index < -0.39 is 0 Å². The Bertz CT molecular complexity index is 614. The maximum atomic E-state index is 12.8. The maximum Gasteiger partial charge on any atom is 0.226 e. The summed E-state index contributed by atoms with van der Waals surface area (Å²) in [5.74, 6) is 0.285. The van der Waals surface area contributed by atoms with Crippen molar-refractivity contribution in [2.45, 2.75) is 6.42 Å². The quantitative estimate of drug-likeness (QED) is 0.814. The summed E-state index contributed by atoms with van der Waals surface area (Å²) in [7, 11) is 1.73. The van der Waals surface area contributed by atoms with E-state index in [4.69, 9.17) is 16.3 Å². The highest BCUT2D eigenvalue weighted by atomic mass is 35.5. The van der Waals surface area contributed by atoms with Crippen LogP contribution >= 0.6 is 11.6 Å². The zero-order chi connectivity index (χ0) is 15.9. The lowest BCUT2D eigenvalue weighted by Crippen LogP contribution is -2.32. The second-order valence-electron chi connectivity index (χ2n) is 4.92. The summed E-state index contributed by atoms with van der Waals surface area (Å²) in [5.41, 5.74) is 0.917. The molecule has 0 saturated carbocycles. The molecule has 0 aliphatic heterocycles. The summed E-state index contributed by atoms with van der Waals surface area (Å²) < 4.78 is 18.2. The lowest BCUT2D eigenvalue weighted by Gasteiger charge is -2.17. The Morgan fingerprint density at radius 3 is 2.41 bits per heavy atom. The number of hydrogen-bond acceptors (Lipinski definition) is 2. The number of hydrogen-bond donors (Lipinski definition) is 0. The molecule has 0 heterocycles. The predicted molar refractivity (Wildman–Crippen MR) is 84.7 cm³/mol. The maximum absolute atomic E-state index is 12.8. The molecule has 0 bridgehead atoms. The normalized spacial score (nSPS) is 10.3. The lowest BCUT2D eigenvalue weighted by atomic mass is 10.1. The average Bonchev–Trinajstić information content (AvgIpc) is 2.51. The molecule has 0 saturated heterocycles. The van der Waals surface area contributed by atoms with Crippen molar-refractivity contribution in [2.24, 2.45) is 0 Å². The molecule has 0 N–H and O–H groups in total. The van der Waals surface area contributed by atoms with Crippen molar-refractivity contribution >= 4 is 17.5 Å². The number of carbonyl (C=O) groups excluding carboxylic acids is 1. The number of halogens is 2. The summed E-state index contributed by atoms with van der Waals surface area (Å²) in [4.78, 5) is 13.7. The first-order valence-electron chi connectivity index (χ1n) is 6.91. The van der Waals surface area contributed by atoms with Crippen LogP contribution in [-0.4, -0.2) is 31.0 Å². The molecule has 22 heavy (non-hydrogen) atoms. The number of benzene rings is 2. The fraction of sp³-hybridized carbons (Fsp3) is 0.235. The zero-order valence-corrected chi connectivity index (χ0v) is 13.0. The van der Waals surface area contributed by atoms with Gasteiger partial charge in [-0.05, 0) is 42.0 Å². The van der Waals surface area contributed by atoms with Crippen LogP contribution in [0, 0.1) is 5.82 Å². The summed E-state index contributed by atoms with van der Waals surface area (Å²) in [6.45, 7) is 0.818. The van der Waals surface area contributed by atoms with Crippen LogP contribution in [0.4, 0.5) is 4.39 Å². The van der Waals surface area contributed by atoms with E-state index in [1.807, 2.05) is 12.1 Å². The van der Waals surface area contributed by atoms with Crippen molar-refractivity contribution in [2.75, 3.05) is 20.2 Å². The third-order valence-corrected chi connectivity index (χ3v) is 3.46. The van der Waals surface area contributed by atoms with E-state index in [9.17, 15) is 9.18 Å². The van der Waals surface area contributed by atoms with Gasteiger partial charge in [0.05, 0.1) is 13.0 Å². The number of rotatable bonds is 6. The molecule has 0 fully saturated rings. The number of carbonyl (C=O) groups is 1. The Morgan fingerprint density at radius 1 is 1.14 bits per heavy atom. The standard InChI is InChI=1S/C17H17ClFNO2/c1-20(10-11-22-16-8-6-15(19)7-9-16)17(21)12-13-2-4-14(18)5-3-13/h2-9H,10-12H2,1H3. The van der Waals surface area contributed by atoms with Crippen molar-refractivity contribution in [3.8, 4) is 5.75 Å². The van der Waals surface area contributed by atoms with Crippen LogP contribution in [0.15, 0.2) is 48.5 Å². The minimum atomic E-state index is -0.303. The van der Waals surface area contributed by atoms with E-state index in [0.717, 1.165) is 5.56 Å². The Hall–Kier alpha value is -2.07. The van der Waals surface area contributed by atoms with E-state index in [1.165, 1.54) is 12.1 Å². The number of ether oxygens (including phenoxy) is 1. The van der Waals surface area contributed by atoms with Crippen LogP contribution in [-0.2, 0) is 11.2 Å². The molecule has 2 rings (SSSR count). The van der Waals surface area contributed by atoms with Crippen LogP contribution < -0.4 is 4.74 Å². The highest BCUT2D eigenvalue weighted by molar-refractivity contribution is 6.30. The molecule has 1 amide bonds. The van der Waals surface area contributed by atoms with Crippen molar-refractivity contribution in [1.82, 2.24) is 4.90 Å². The molecular weight excluding hydrogens is 305 g/mol. The molecule has 0 atom stereocenters. The summed E-state index contributed by atoms with van der Waals surface area (Å²) in [5, 5.41) is 0.650. The van der Waals surface area contributed by atoms with E-state index in [-0.39, 0.29) is 11.7 Å². The Labute approximate surface area is 134 Å². The smallest absolute Gasteiger partial charge is 0.226 e. The van der Waals surface area contributed by atoms with Crippen molar-refractivity contribution < 1.29 is 13.9 Å². The monoisotopic (exact) mass is 321 g/mol. The van der Waals surface area contributed by atoms with Crippen LogP contribution in [0.1, 0.15) is 5.56 Å².